The average Bonchev–Trinajstić information content (AvgIpc) is 3.22. The van der Waals surface area contributed by atoms with Crippen LogP contribution in [0.3, 0.4) is 0 Å². The number of aromatic nitrogens is 1. The highest BCUT2D eigenvalue weighted by Crippen LogP contribution is 2.27. The van der Waals surface area contributed by atoms with E-state index in [2.05, 4.69) is 10.6 Å². The number of rotatable bonds is 8. The van der Waals surface area contributed by atoms with Gasteiger partial charge in [-0.25, -0.2) is 8.78 Å². The molecule has 38 heavy (non-hydrogen) atoms. The van der Waals surface area contributed by atoms with Crippen molar-refractivity contribution in [2.24, 2.45) is 0 Å². The summed E-state index contributed by atoms with van der Waals surface area (Å²) in [6, 6.07) is 10.5. The molecule has 13 heteroatoms. The number of benzene rings is 1. The van der Waals surface area contributed by atoms with Gasteiger partial charge in [0, 0.05) is 57.1 Å². The molecule has 3 rings (SSSR count). The minimum Gasteiger partial charge on any atom is -0.360 e. The summed E-state index contributed by atoms with van der Waals surface area (Å²) in [5.41, 5.74) is 0.496. The second-order valence-electron chi connectivity index (χ2n) is 8.57. The maximum atomic E-state index is 13.4. The summed E-state index contributed by atoms with van der Waals surface area (Å²) in [6.45, 7) is 2.02. The Kier molecular flexibility index (Phi) is 9.34. The first-order valence-corrected chi connectivity index (χ1v) is 12.6. The van der Waals surface area contributed by atoms with Gasteiger partial charge >= 0.3 is 0 Å². The number of alkyl halides is 2. The number of nitriles is 2. The molecule has 0 aliphatic carbocycles. The topological polar surface area (TPSA) is 134 Å². The summed E-state index contributed by atoms with van der Waals surface area (Å²) < 4.78 is 28.5. The smallest absolute Gasteiger partial charge is 0.270 e. The molecule has 0 bridgehead atoms. The molecule has 1 aromatic carbocycles. The van der Waals surface area contributed by atoms with E-state index in [9.17, 15) is 28.4 Å². The molecule has 0 spiro atoms. The second kappa shape index (κ2) is 12.4. The fourth-order valence-electron chi connectivity index (χ4n) is 3.83. The SMILES string of the molecule is CCn1c(=C(C#N)C(=O)NCC#N)sc(=CNc2cccc(N(C)C(=O)CN3CCC(F)(F)CC3)c2)c1=O. The Morgan fingerprint density at radius 1 is 1.26 bits per heavy atom. The number of anilines is 2. The number of piperidine rings is 1. The molecule has 2 amide bonds. The molecular formula is C25H27F2N7O3S. The predicted octanol–water partition coefficient (Wildman–Crippen LogP) is 0.788. The van der Waals surface area contributed by atoms with E-state index in [0.717, 1.165) is 11.3 Å². The molecular weight excluding hydrogens is 516 g/mol. The number of hydrogen-bond acceptors (Lipinski definition) is 8. The molecule has 0 saturated carbocycles. The average molecular weight is 544 g/mol. The molecule has 200 valence electrons. The van der Waals surface area contributed by atoms with Crippen LogP contribution >= 0.6 is 11.3 Å². The van der Waals surface area contributed by atoms with E-state index < -0.39 is 17.4 Å². The predicted molar refractivity (Wildman–Crippen MR) is 140 cm³/mol. The lowest BCUT2D eigenvalue weighted by atomic mass is 10.1. The number of likely N-dealkylation sites (tertiary alicyclic amines) is 1. The summed E-state index contributed by atoms with van der Waals surface area (Å²) in [4.78, 5) is 41.1. The minimum atomic E-state index is -2.68. The molecule has 10 nitrogen and oxygen atoms in total. The Bertz CT molecular complexity index is 1460. The van der Waals surface area contributed by atoms with Gasteiger partial charge in [-0.15, -0.1) is 11.3 Å². The first kappa shape index (κ1) is 28.5. The van der Waals surface area contributed by atoms with Crippen LogP contribution in [0.5, 0.6) is 0 Å². The van der Waals surface area contributed by atoms with Crippen LogP contribution in [0.4, 0.5) is 20.2 Å². The van der Waals surface area contributed by atoms with Crippen LogP contribution in [0.1, 0.15) is 19.8 Å². The van der Waals surface area contributed by atoms with Gasteiger partial charge in [-0.3, -0.25) is 23.9 Å². The van der Waals surface area contributed by atoms with Crippen molar-refractivity contribution in [3.8, 4) is 12.1 Å². The lowest BCUT2D eigenvalue weighted by Crippen LogP contribution is -2.45. The van der Waals surface area contributed by atoms with Gasteiger partial charge in [0.15, 0.2) is 5.57 Å². The van der Waals surface area contributed by atoms with Gasteiger partial charge in [0.25, 0.3) is 17.4 Å². The van der Waals surface area contributed by atoms with Crippen molar-refractivity contribution in [3.63, 3.8) is 0 Å². The van der Waals surface area contributed by atoms with E-state index in [1.807, 2.05) is 6.07 Å². The van der Waals surface area contributed by atoms with Crippen molar-refractivity contribution in [1.82, 2.24) is 14.8 Å². The van der Waals surface area contributed by atoms with Crippen LogP contribution in [0.2, 0.25) is 0 Å². The summed E-state index contributed by atoms with van der Waals surface area (Å²) in [6.07, 6.45) is 0.933. The van der Waals surface area contributed by atoms with E-state index in [-0.39, 0.29) is 66.2 Å². The number of hydrogen-bond donors (Lipinski definition) is 2. The molecule has 0 unspecified atom stereocenters. The van der Waals surface area contributed by atoms with Crippen molar-refractivity contribution in [2.45, 2.75) is 32.2 Å². The van der Waals surface area contributed by atoms with Gasteiger partial charge in [0.1, 0.15) is 21.8 Å². The number of nitrogens with zero attached hydrogens (tertiary/aromatic N) is 5. The molecule has 2 heterocycles. The molecule has 1 aliphatic rings. The third-order valence-electron chi connectivity index (χ3n) is 6.03. The fraction of sp³-hybridized carbons (Fsp3) is 0.400. The number of carbonyl (C=O) groups excluding carboxylic acids is 2. The molecule has 1 aliphatic heterocycles. The molecule has 1 aromatic heterocycles. The highest BCUT2D eigenvalue weighted by molar-refractivity contribution is 7.07. The van der Waals surface area contributed by atoms with Crippen LogP contribution in [-0.2, 0) is 16.1 Å². The molecule has 1 fully saturated rings. The van der Waals surface area contributed by atoms with Gasteiger partial charge in [-0.1, -0.05) is 6.07 Å². The maximum absolute atomic E-state index is 13.4. The summed E-state index contributed by atoms with van der Waals surface area (Å²) in [5, 5.41) is 23.5. The molecule has 0 atom stereocenters. The minimum absolute atomic E-state index is 0.0323. The number of likely N-dealkylation sites (N-methyl/N-ethyl adjacent to an activating group) is 1. The van der Waals surface area contributed by atoms with Crippen molar-refractivity contribution in [2.75, 3.05) is 43.4 Å². The molecule has 2 N–H and O–H groups in total. The van der Waals surface area contributed by atoms with Crippen molar-refractivity contribution < 1.29 is 18.4 Å². The van der Waals surface area contributed by atoms with Crippen LogP contribution in [-0.4, -0.2) is 60.4 Å². The lowest BCUT2D eigenvalue weighted by Gasteiger charge is -2.32. The zero-order valence-corrected chi connectivity index (χ0v) is 21.8. The molecule has 1 saturated heterocycles. The quantitative estimate of drug-likeness (QED) is 0.470. The Labute approximate surface area is 221 Å². The van der Waals surface area contributed by atoms with Crippen LogP contribution in [0.15, 0.2) is 29.1 Å². The fourth-order valence-corrected chi connectivity index (χ4v) is 4.92. The molecule has 0 radical (unpaired) electrons. The Hall–Kier alpha value is -4.07. The van der Waals surface area contributed by atoms with Crippen molar-refractivity contribution in [3.05, 3.63) is 43.8 Å². The van der Waals surface area contributed by atoms with E-state index >= 15 is 0 Å². The van der Waals surface area contributed by atoms with Crippen LogP contribution in [0.25, 0.3) is 11.8 Å². The summed E-state index contributed by atoms with van der Waals surface area (Å²) in [5.74, 6) is -3.65. The normalized spacial score (nSPS) is 16.2. The number of nitrogens with one attached hydrogen (secondary N) is 2. The largest absolute Gasteiger partial charge is 0.360 e. The Morgan fingerprint density at radius 2 is 1.97 bits per heavy atom. The van der Waals surface area contributed by atoms with Gasteiger partial charge in [-0.05, 0) is 25.1 Å². The van der Waals surface area contributed by atoms with Crippen molar-refractivity contribution in [1.29, 1.82) is 10.5 Å². The Balaban J connectivity index is 1.80. The van der Waals surface area contributed by atoms with Crippen molar-refractivity contribution >= 4 is 46.3 Å². The monoisotopic (exact) mass is 543 g/mol. The number of halogens is 2. The van der Waals surface area contributed by atoms with Gasteiger partial charge in [0.2, 0.25) is 5.91 Å². The van der Waals surface area contributed by atoms with Gasteiger partial charge < -0.3 is 15.5 Å². The zero-order chi connectivity index (χ0) is 27.9. The number of thiazole rings is 1. The third-order valence-corrected chi connectivity index (χ3v) is 7.16. The number of carbonyl (C=O) groups is 2. The van der Waals surface area contributed by atoms with Crippen LogP contribution in [0, 0.1) is 22.7 Å². The van der Waals surface area contributed by atoms with E-state index in [1.54, 1.807) is 49.2 Å². The van der Waals surface area contributed by atoms with Crippen LogP contribution < -0.4 is 30.3 Å². The number of amides is 2. The third kappa shape index (κ3) is 6.82. The summed E-state index contributed by atoms with van der Waals surface area (Å²) in [7, 11) is 1.60. The summed E-state index contributed by atoms with van der Waals surface area (Å²) >= 11 is 0.965. The second-order valence-corrected chi connectivity index (χ2v) is 9.60. The standard InChI is InChI=1S/C25H27F2N7O3S/c1-3-34-23(37)20(38-24(34)19(14-29)22(36)30-10-9-28)15-31-17-5-4-6-18(13-17)32(2)21(35)16-33-11-7-25(26,27)8-12-33/h4-6,13,15,31H,3,7-8,10-12,16H2,1-2H3,(H,30,36). The van der Waals surface area contributed by atoms with E-state index in [0.29, 0.717) is 11.4 Å². The van der Waals surface area contributed by atoms with E-state index in [4.69, 9.17) is 5.26 Å². The van der Waals surface area contributed by atoms with E-state index in [1.165, 1.54) is 15.7 Å². The highest BCUT2D eigenvalue weighted by Gasteiger charge is 2.34. The van der Waals surface area contributed by atoms with Gasteiger partial charge in [-0.2, -0.15) is 10.5 Å². The first-order chi connectivity index (χ1) is 18.1. The first-order valence-electron chi connectivity index (χ1n) is 11.8. The molecule has 2 aromatic rings. The maximum Gasteiger partial charge on any atom is 0.270 e. The lowest BCUT2D eigenvalue weighted by molar-refractivity contribution is -0.121. The Morgan fingerprint density at radius 3 is 2.61 bits per heavy atom. The van der Waals surface area contributed by atoms with Gasteiger partial charge in [0.05, 0.1) is 12.6 Å². The zero-order valence-electron chi connectivity index (χ0n) is 21.0. The highest BCUT2D eigenvalue weighted by atomic mass is 32.1.